The number of amides is 1. The Bertz CT molecular complexity index is 930. The minimum Gasteiger partial charge on any atom is -0.319 e. The molecule has 2 aromatic carbocycles. The fourth-order valence-corrected chi connectivity index (χ4v) is 3.05. The molecule has 4 nitrogen and oxygen atoms in total. The second-order valence-electron chi connectivity index (χ2n) is 6.06. The summed E-state index contributed by atoms with van der Waals surface area (Å²) in [6, 6.07) is 13.1. The lowest BCUT2D eigenvalue weighted by Gasteiger charge is -2.10. The van der Waals surface area contributed by atoms with Gasteiger partial charge in [0.2, 0.25) is 0 Å². The Hall–Kier alpha value is -2.59. The number of nitrogens with zero attached hydrogens (tertiary/aromatic N) is 1. The van der Waals surface area contributed by atoms with Crippen molar-refractivity contribution < 1.29 is 4.79 Å². The van der Waals surface area contributed by atoms with Crippen molar-refractivity contribution in [2.45, 2.75) is 27.2 Å². The predicted molar refractivity (Wildman–Crippen MR) is 102 cm³/mol. The van der Waals surface area contributed by atoms with Crippen molar-refractivity contribution in [3.05, 3.63) is 69.9 Å². The summed E-state index contributed by atoms with van der Waals surface area (Å²) in [5.41, 5.74) is 6.20. The summed E-state index contributed by atoms with van der Waals surface area (Å²) in [6.45, 7) is 6.13. The number of hydrogen-bond acceptors (Lipinski definition) is 2. The number of anilines is 1. The number of benzene rings is 2. The molecule has 2 N–H and O–H groups in total. The Morgan fingerprint density at radius 3 is 2.68 bits per heavy atom. The lowest BCUT2D eigenvalue weighted by molar-refractivity contribution is 0.102. The third-order valence-corrected chi connectivity index (χ3v) is 4.39. The van der Waals surface area contributed by atoms with Crippen molar-refractivity contribution in [2.24, 2.45) is 0 Å². The number of halogens is 1. The van der Waals surface area contributed by atoms with E-state index in [0.29, 0.717) is 10.6 Å². The van der Waals surface area contributed by atoms with Crippen molar-refractivity contribution >= 4 is 23.2 Å². The van der Waals surface area contributed by atoms with Gasteiger partial charge in [-0.05, 0) is 44.0 Å². The lowest BCUT2D eigenvalue weighted by Crippen LogP contribution is -2.13. The molecule has 3 aromatic rings. The van der Waals surface area contributed by atoms with Crippen LogP contribution < -0.4 is 5.32 Å². The van der Waals surface area contributed by atoms with E-state index in [0.717, 1.165) is 34.6 Å². The van der Waals surface area contributed by atoms with Gasteiger partial charge in [0, 0.05) is 16.1 Å². The molecule has 0 radical (unpaired) electrons. The van der Waals surface area contributed by atoms with E-state index in [1.807, 2.05) is 26.0 Å². The molecule has 0 saturated carbocycles. The molecule has 0 unspecified atom stereocenters. The summed E-state index contributed by atoms with van der Waals surface area (Å²) in [4.78, 5) is 12.6. The molecular weight excluding hydrogens is 334 g/mol. The van der Waals surface area contributed by atoms with E-state index in [9.17, 15) is 4.79 Å². The van der Waals surface area contributed by atoms with E-state index in [1.165, 1.54) is 5.56 Å². The second-order valence-corrected chi connectivity index (χ2v) is 6.50. The standard InChI is InChI=1S/C20H20ClN3O/c1-4-17-19(22-20(25)14-6-5-7-15(21)11-14)18(24-23-17)16-9-8-12(2)10-13(16)3/h5-11H,4H2,1-3H3,(H,22,25)(H,23,24). The zero-order valence-corrected chi connectivity index (χ0v) is 15.2. The number of H-pyrrole nitrogens is 1. The van der Waals surface area contributed by atoms with Gasteiger partial charge in [-0.25, -0.2) is 0 Å². The van der Waals surface area contributed by atoms with Gasteiger partial charge in [-0.15, -0.1) is 0 Å². The molecule has 0 atom stereocenters. The normalized spacial score (nSPS) is 10.7. The van der Waals surface area contributed by atoms with Gasteiger partial charge >= 0.3 is 0 Å². The minimum absolute atomic E-state index is 0.204. The fraction of sp³-hybridized carbons (Fsp3) is 0.200. The highest BCUT2D eigenvalue weighted by atomic mass is 35.5. The second kappa shape index (κ2) is 7.11. The van der Waals surface area contributed by atoms with Crippen LogP contribution in [0.5, 0.6) is 0 Å². The van der Waals surface area contributed by atoms with Gasteiger partial charge in [0.25, 0.3) is 5.91 Å². The molecule has 0 aliphatic heterocycles. The van der Waals surface area contributed by atoms with Gasteiger partial charge < -0.3 is 5.32 Å². The van der Waals surface area contributed by atoms with Crippen LogP contribution in [0, 0.1) is 13.8 Å². The molecular formula is C20H20ClN3O. The largest absolute Gasteiger partial charge is 0.319 e. The van der Waals surface area contributed by atoms with E-state index < -0.39 is 0 Å². The lowest BCUT2D eigenvalue weighted by atomic mass is 10.0. The average molecular weight is 354 g/mol. The molecule has 25 heavy (non-hydrogen) atoms. The van der Waals surface area contributed by atoms with Crippen LogP contribution >= 0.6 is 11.6 Å². The molecule has 1 heterocycles. The Balaban J connectivity index is 2.01. The van der Waals surface area contributed by atoms with E-state index >= 15 is 0 Å². The number of rotatable bonds is 4. The van der Waals surface area contributed by atoms with Crippen LogP contribution in [0.2, 0.25) is 5.02 Å². The van der Waals surface area contributed by atoms with Crippen LogP contribution in [0.25, 0.3) is 11.3 Å². The van der Waals surface area contributed by atoms with E-state index in [1.54, 1.807) is 24.3 Å². The number of aromatic amines is 1. The minimum atomic E-state index is -0.204. The summed E-state index contributed by atoms with van der Waals surface area (Å²) in [7, 11) is 0. The number of hydrogen-bond donors (Lipinski definition) is 2. The molecule has 5 heteroatoms. The number of aryl methyl sites for hydroxylation is 3. The Labute approximate surface area is 152 Å². The van der Waals surface area contributed by atoms with Gasteiger partial charge in [0.1, 0.15) is 5.69 Å². The first-order chi connectivity index (χ1) is 12.0. The van der Waals surface area contributed by atoms with Gasteiger partial charge in [-0.3, -0.25) is 9.89 Å². The summed E-state index contributed by atoms with van der Waals surface area (Å²) in [6.07, 6.45) is 0.739. The zero-order chi connectivity index (χ0) is 18.0. The van der Waals surface area contributed by atoms with Gasteiger partial charge in [-0.1, -0.05) is 48.4 Å². The van der Waals surface area contributed by atoms with E-state index in [2.05, 4.69) is 28.5 Å². The fourth-order valence-electron chi connectivity index (χ4n) is 2.86. The Morgan fingerprint density at radius 1 is 1.20 bits per heavy atom. The van der Waals surface area contributed by atoms with Crippen LogP contribution in [-0.4, -0.2) is 16.1 Å². The first-order valence-electron chi connectivity index (χ1n) is 8.21. The number of carbonyl (C=O) groups excluding carboxylic acids is 1. The molecule has 0 aliphatic rings. The maximum absolute atomic E-state index is 12.6. The van der Waals surface area contributed by atoms with Crippen LogP contribution in [-0.2, 0) is 6.42 Å². The van der Waals surface area contributed by atoms with E-state index in [4.69, 9.17) is 11.6 Å². The third kappa shape index (κ3) is 3.59. The first kappa shape index (κ1) is 17.2. The van der Waals surface area contributed by atoms with Crippen molar-refractivity contribution in [2.75, 3.05) is 5.32 Å². The molecule has 1 aromatic heterocycles. The van der Waals surface area contributed by atoms with Crippen LogP contribution in [0.4, 0.5) is 5.69 Å². The van der Waals surface area contributed by atoms with Gasteiger partial charge in [0.05, 0.1) is 11.4 Å². The zero-order valence-electron chi connectivity index (χ0n) is 14.5. The first-order valence-corrected chi connectivity index (χ1v) is 8.59. The molecule has 1 amide bonds. The number of carbonyl (C=O) groups is 1. The summed E-state index contributed by atoms with van der Waals surface area (Å²) >= 11 is 5.99. The SMILES string of the molecule is CCc1[nH]nc(-c2ccc(C)cc2C)c1NC(=O)c1cccc(Cl)c1. The van der Waals surface area contributed by atoms with Crippen LogP contribution in [0.3, 0.4) is 0 Å². The molecule has 128 valence electrons. The third-order valence-electron chi connectivity index (χ3n) is 4.16. The molecule has 0 aliphatic carbocycles. The quantitative estimate of drug-likeness (QED) is 0.680. The Kier molecular flexibility index (Phi) is 4.91. The monoisotopic (exact) mass is 353 g/mol. The van der Waals surface area contributed by atoms with Crippen LogP contribution in [0.15, 0.2) is 42.5 Å². The van der Waals surface area contributed by atoms with Crippen molar-refractivity contribution in [3.8, 4) is 11.3 Å². The van der Waals surface area contributed by atoms with Crippen molar-refractivity contribution in [1.29, 1.82) is 0 Å². The summed E-state index contributed by atoms with van der Waals surface area (Å²) < 4.78 is 0. The van der Waals surface area contributed by atoms with Crippen molar-refractivity contribution in [3.63, 3.8) is 0 Å². The molecule has 0 bridgehead atoms. The highest BCUT2D eigenvalue weighted by Gasteiger charge is 2.18. The van der Waals surface area contributed by atoms with Crippen molar-refractivity contribution in [1.82, 2.24) is 10.2 Å². The maximum Gasteiger partial charge on any atom is 0.255 e. The molecule has 0 fully saturated rings. The predicted octanol–water partition coefficient (Wildman–Crippen LogP) is 5.16. The summed E-state index contributed by atoms with van der Waals surface area (Å²) in [5.74, 6) is -0.204. The topological polar surface area (TPSA) is 57.8 Å². The van der Waals surface area contributed by atoms with Gasteiger partial charge in [0.15, 0.2) is 0 Å². The Morgan fingerprint density at radius 2 is 2.00 bits per heavy atom. The smallest absolute Gasteiger partial charge is 0.255 e. The molecule has 0 spiro atoms. The maximum atomic E-state index is 12.6. The number of aromatic nitrogens is 2. The van der Waals surface area contributed by atoms with Gasteiger partial charge in [-0.2, -0.15) is 5.10 Å². The molecule has 0 saturated heterocycles. The van der Waals surface area contributed by atoms with E-state index in [-0.39, 0.29) is 5.91 Å². The highest BCUT2D eigenvalue weighted by Crippen LogP contribution is 2.32. The summed E-state index contributed by atoms with van der Waals surface area (Å²) in [5, 5.41) is 11.0. The average Bonchev–Trinajstić information content (AvgIpc) is 2.97. The number of nitrogens with one attached hydrogen (secondary N) is 2. The molecule has 3 rings (SSSR count). The highest BCUT2D eigenvalue weighted by molar-refractivity contribution is 6.31. The van der Waals surface area contributed by atoms with Crippen LogP contribution in [0.1, 0.15) is 34.1 Å².